The largest absolute Gasteiger partial charge is 0.395 e. The molecule has 1 saturated heterocycles. The Bertz CT molecular complexity index is 841. The second kappa shape index (κ2) is 9.32. The SMILES string of the molecule is Cc1nn(-c2cc(N(C)C)ncn2)c(C)c1CCC(=O)N1CCN(CCO)CC1. The Morgan fingerprint density at radius 3 is 2.55 bits per heavy atom. The zero-order valence-corrected chi connectivity index (χ0v) is 17.8. The lowest BCUT2D eigenvalue weighted by molar-refractivity contribution is -0.132. The minimum Gasteiger partial charge on any atom is -0.395 e. The number of aliphatic hydroxyl groups is 1. The molecule has 0 atom stereocenters. The molecule has 0 saturated carbocycles. The predicted molar refractivity (Wildman–Crippen MR) is 111 cm³/mol. The van der Waals surface area contributed by atoms with Crippen LogP contribution in [0.15, 0.2) is 12.4 Å². The molecule has 1 N–H and O–H groups in total. The number of aromatic nitrogens is 4. The van der Waals surface area contributed by atoms with E-state index >= 15 is 0 Å². The lowest BCUT2D eigenvalue weighted by Crippen LogP contribution is -2.49. The summed E-state index contributed by atoms with van der Waals surface area (Å²) in [7, 11) is 3.88. The summed E-state index contributed by atoms with van der Waals surface area (Å²) in [6, 6.07) is 1.90. The summed E-state index contributed by atoms with van der Waals surface area (Å²) in [6.45, 7) is 7.94. The molecule has 1 aliphatic heterocycles. The molecule has 1 amide bonds. The van der Waals surface area contributed by atoms with Crippen LogP contribution in [0.1, 0.15) is 23.4 Å². The van der Waals surface area contributed by atoms with Gasteiger partial charge in [0, 0.05) is 65.0 Å². The van der Waals surface area contributed by atoms with Crippen molar-refractivity contribution in [3.63, 3.8) is 0 Å². The number of amides is 1. The molecular formula is C20H31N7O2. The summed E-state index contributed by atoms with van der Waals surface area (Å²) in [5.74, 6) is 1.72. The molecule has 0 aliphatic carbocycles. The topological polar surface area (TPSA) is 90.6 Å². The van der Waals surface area contributed by atoms with Crippen LogP contribution in [0.25, 0.3) is 5.82 Å². The van der Waals surface area contributed by atoms with E-state index in [-0.39, 0.29) is 12.5 Å². The Labute approximate surface area is 172 Å². The maximum atomic E-state index is 12.7. The summed E-state index contributed by atoms with van der Waals surface area (Å²) < 4.78 is 1.83. The van der Waals surface area contributed by atoms with Gasteiger partial charge in [0.15, 0.2) is 5.82 Å². The van der Waals surface area contributed by atoms with E-state index in [0.29, 0.717) is 19.4 Å². The lowest BCUT2D eigenvalue weighted by Gasteiger charge is -2.34. The van der Waals surface area contributed by atoms with E-state index in [2.05, 4.69) is 20.0 Å². The highest BCUT2D eigenvalue weighted by Gasteiger charge is 2.22. The molecule has 0 bridgehead atoms. The molecule has 9 heteroatoms. The first kappa shape index (κ1) is 21.2. The molecule has 3 rings (SSSR count). The Kier molecular flexibility index (Phi) is 6.81. The van der Waals surface area contributed by atoms with Gasteiger partial charge in [0.1, 0.15) is 12.1 Å². The number of nitrogens with zero attached hydrogens (tertiary/aromatic N) is 7. The Balaban J connectivity index is 1.65. The molecule has 0 unspecified atom stereocenters. The van der Waals surface area contributed by atoms with Crippen LogP contribution in [0.2, 0.25) is 0 Å². The van der Waals surface area contributed by atoms with Crippen LogP contribution >= 0.6 is 0 Å². The number of hydrogen-bond donors (Lipinski definition) is 1. The van der Waals surface area contributed by atoms with Crippen molar-refractivity contribution in [3.05, 3.63) is 29.3 Å². The van der Waals surface area contributed by atoms with Gasteiger partial charge in [0.05, 0.1) is 12.3 Å². The second-order valence-corrected chi connectivity index (χ2v) is 7.64. The van der Waals surface area contributed by atoms with Gasteiger partial charge in [-0.15, -0.1) is 0 Å². The van der Waals surface area contributed by atoms with Crippen LogP contribution in [0.3, 0.4) is 0 Å². The van der Waals surface area contributed by atoms with E-state index in [4.69, 9.17) is 5.11 Å². The summed E-state index contributed by atoms with van der Waals surface area (Å²) in [4.78, 5) is 27.3. The fraction of sp³-hybridized carbons (Fsp3) is 0.600. The van der Waals surface area contributed by atoms with E-state index in [0.717, 1.165) is 54.8 Å². The highest BCUT2D eigenvalue weighted by atomic mass is 16.3. The van der Waals surface area contributed by atoms with E-state index in [9.17, 15) is 4.79 Å². The molecule has 0 spiro atoms. The third-order valence-electron chi connectivity index (χ3n) is 5.48. The number of β-amino-alcohol motifs (C(OH)–C–C–N with tert-alkyl or cyclic N) is 1. The van der Waals surface area contributed by atoms with Crippen LogP contribution in [0.4, 0.5) is 5.82 Å². The van der Waals surface area contributed by atoms with E-state index < -0.39 is 0 Å². The normalized spacial score (nSPS) is 15.0. The molecule has 1 aliphatic rings. The average Bonchev–Trinajstić information content (AvgIpc) is 3.00. The highest BCUT2D eigenvalue weighted by Crippen LogP contribution is 2.20. The van der Waals surface area contributed by atoms with Gasteiger partial charge < -0.3 is 14.9 Å². The Morgan fingerprint density at radius 1 is 1.17 bits per heavy atom. The molecule has 0 aromatic carbocycles. The van der Waals surface area contributed by atoms with Gasteiger partial charge in [0.2, 0.25) is 5.91 Å². The monoisotopic (exact) mass is 401 g/mol. The average molecular weight is 402 g/mol. The summed E-state index contributed by atoms with van der Waals surface area (Å²) in [5.41, 5.74) is 3.03. The fourth-order valence-corrected chi connectivity index (χ4v) is 3.71. The van der Waals surface area contributed by atoms with Gasteiger partial charge in [-0.1, -0.05) is 0 Å². The summed E-state index contributed by atoms with van der Waals surface area (Å²) >= 11 is 0. The first-order valence-corrected chi connectivity index (χ1v) is 10.1. The number of anilines is 1. The van der Waals surface area contributed by atoms with Gasteiger partial charge in [-0.05, 0) is 25.8 Å². The van der Waals surface area contributed by atoms with Crippen LogP contribution in [0.5, 0.6) is 0 Å². The Morgan fingerprint density at radius 2 is 1.90 bits per heavy atom. The van der Waals surface area contributed by atoms with Crippen LogP contribution < -0.4 is 4.90 Å². The first-order chi connectivity index (χ1) is 13.9. The van der Waals surface area contributed by atoms with Gasteiger partial charge in [-0.2, -0.15) is 5.10 Å². The molecule has 2 aromatic rings. The van der Waals surface area contributed by atoms with Crippen LogP contribution in [0, 0.1) is 13.8 Å². The van der Waals surface area contributed by atoms with Gasteiger partial charge in [0.25, 0.3) is 0 Å². The van der Waals surface area contributed by atoms with E-state index in [1.165, 1.54) is 0 Å². The Hall–Kier alpha value is -2.52. The molecule has 29 heavy (non-hydrogen) atoms. The maximum absolute atomic E-state index is 12.7. The molecule has 9 nitrogen and oxygen atoms in total. The number of carbonyl (C=O) groups excluding carboxylic acids is 1. The number of aryl methyl sites for hydroxylation is 1. The van der Waals surface area contributed by atoms with Crippen molar-refractivity contribution in [2.24, 2.45) is 0 Å². The number of carbonyl (C=O) groups is 1. The molecule has 1 fully saturated rings. The predicted octanol–water partition coefficient (Wildman–Crippen LogP) is 0.414. The highest BCUT2D eigenvalue weighted by molar-refractivity contribution is 5.76. The third kappa shape index (κ3) is 4.91. The fourth-order valence-electron chi connectivity index (χ4n) is 3.71. The molecule has 3 heterocycles. The number of aliphatic hydroxyl groups excluding tert-OH is 1. The smallest absolute Gasteiger partial charge is 0.222 e. The van der Waals surface area contributed by atoms with Gasteiger partial charge in [-0.3, -0.25) is 9.69 Å². The van der Waals surface area contributed by atoms with Crippen LogP contribution in [-0.4, -0.2) is 94.0 Å². The molecule has 0 radical (unpaired) electrons. The second-order valence-electron chi connectivity index (χ2n) is 7.64. The minimum absolute atomic E-state index is 0.166. The summed E-state index contributed by atoms with van der Waals surface area (Å²) in [6.07, 6.45) is 2.68. The minimum atomic E-state index is 0.166. The number of piperazine rings is 1. The van der Waals surface area contributed by atoms with Crippen molar-refractivity contribution in [2.75, 3.05) is 58.3 Å². The molecular weight excluding hydrogens is 370 g/mol. The van der Waals surface area contributed by atoms with Crippen LogP contribution in [-0.2, 0) is 11.2 Å². The number of rotatable bonds is 7. The summed E-state index contributed by atoms with van der Waals surface area (Å²) in [5, 5.41) is 13.7. The van der Waals surface area contributed by atoms with Gasteiger partial charge >= 0.3 is 0 Å². The van der Waals surface area contributed by atoms with Crippen molar-refractivity contribution in [3.8, 4) is 5.82 Å². The van der Waals surface area contributed by atoms with Crippen molar-refractivity contribution in [1.29, 1.82) is 0 Å². The molecule has 2 aromatic heterocycles. The quantitative estimate of drug-likeness (QED) is 0.719. The van der Waals surface area contributed by atoms with Crippen molar-refractivity contribution in [2.45, 2.75) is 26.7 Å². The third-order valence-corrected chi connectivity index (χ3v) is 5.48. The van der Waals surface area contributed by atoms with Crippen molar-refractivity contribution in [1.82, 2.24) is 29.5 Å². The number of hydrogen-bond acceptors (Lipinski definition) is 7. The van der Waals surface area contributed by atoms with Gasteiger partial charge in [-0.25, -0.2) is 14.6 Å². The molecule has 158 valence electrons. The van der Waals surface area contributed by atoms with E-state index in [1.807, 2.05) is 48.5 Å². The van der Waals surface area contributed by atoms with Crippen molar-refractivity contribution >= 4 is 11.7 Å². The maximum Gasteiger partial charge on any atom is 0.222 e. The first-order valence-electron chi connectivity index (χ1n) is 10.1. The van der Waals surface area contributed by atoms with E-state index in [1.54, 1.807) is 6.33 Å². The zero-order valence-electron chi connectivity index (χ0n) is 17.8. The standard InChI is InChI=1S/C20H31N7O2/c1-15-17(5-6-20(29)26-9-7-25(8-10-26)11-12-28)16(2)27(23-15)19-13-18(24(3)4)21-14-22-19/h13-14,28H,5-12H2,1-4H3. The zero-order chi connectivity index (χ0) is 21.0. The van der Waals surface area contributed by atoms with Crippen molar-refractivity contribution < 1.29 is 9.90 Å². The lowest BCUT2D eigenvalue weighted by atomic mass is 10.1.